The third-order valence-corrected chi connectivity index (χ3v) is 5.02. The Bertz CT molecular complexity index is 392. The van der Waals surface area contributed by atoms with E-state index in [1.54, 1.807) is 11.3 Å². The number of nitrogens with two attached hydrogens (primary N) is 1. The highest BCUT2D eigenvalue weighted by Gasteiger charge is 2.37. The van der Waals surface area contributed by atoms with Crippen molar-refractivity contribution in [3.05, 3.63) is 20.8 Å². The van der Waals surface area contributed by atoms with E-state index in [1.807, 2.05) is 13.8 Å². The first-order valence-corrected chi connectivity index (χ1v) is 7.52. The minimum absolute atomic E-state index is 0.0643. The molecule has 0 aromatic carbocycles. The minimum atomic E-state index is -0.568. The molecule has 1 aromatic rings. The van der Waals surface area contributed by atoms with Crippen LogP contribution >= 0.6 is 27.3 Å². The summed E-state index contributed by atoms with van der Waals surface area (Å²) >= 11 is 5.21. The van der Waals surface area contributed by atoms with Gasteiger partial charge in [-0.05, 0) is 42.3 Å². The summed E-state index contributed by atoms with van der Waals surface area (Å²) in [4.78, 5) is 3.56. The molecule has 3 N–H and O–H groups in total. The Morgan fingerprint density at radius 1 is 1.65 bits per heavy atom. The lowest BCUT2D eigenvalue weighted by molar-refractivity contribution is 0.0604. The van der Waals surface area contributed by atoms with Crippen molar-refractivity contribution in [1.82, 2.24) is 4.90 Å². The fourth-order valence-electron chi connectivity index (χ4n) is 2.47. The van der Waals surface area contributed by atoms with Gasteiger partial charge in [-0.3, -0.25) is 4.90 Å². The van der Waals surface area contributed by atoms with E-state index in [4.69, 9.17) is 5.73 Å². The van der Waals surface area contributed by atoms with Gasteiger partial charge in [0.15, 0.2) is 0 Å². The van der Waals surface area contributed by atoms with Gasteiger partial charge in [-0.25, -0.2) is 0 Å². The Morgan fingerprint density at radius 3 is 2.76 bits per heavy atom. The zero-order valence-corrected chi connectivity index (χ0v) is 12.6. The van der Waals surface area contributed by atoms with Crippen molar-refractivity contribution >= 4 is 27.3 Å². The van der Waals surface area contributed by atoms with Crippen molar-refractivity contribution < 1.29 is 5.11 Å². The summed E-state index contributed by atoms with van der Waals surface area (Å²) in [6.45, 7) is 5.55. The molecule has 3 unspecified atom stereocenters. The van der Waals surface area contributed by atoms with Crippen molar-refractivity contribution in [2.75, 3.05) is 13.1 Å². The van der Waals surface area contributed by atoms with E-state index < -0.39 is 5.60 Å². The highest BCUT2D eigenvalue weighted by molar-refractivity contribution is 9.10. The molecule has 0 amide bonds. The van der Waals surface area contributed by atoms with Gasteiger partial charge in [-0.15, -0.1) is 11.3 Å². The molecule has 0 aliphatic carbocycles. The highest BCUT2D eigenvalue weighted by Crippen LogP contribution is 2.35. The Kier molecular flexibility index (Phi) is 3.95. The molecule has 96 valence electrons. The van der Waals surface area contributed by atoms with E-state index in [0.29, 0.717) is 6.54 Å². The Morgan fingerprint density at radius 2 is 2.35 bits per heavy atom. The molecule has 0 radical (unpaired) electrons. The lowest BCUT2D eigenvalue weighted by atomic mass is 10.1. The zero-order chi connectivity index (χ0) is 12.6. The van der Waals surface area contributed by atoms with Gasteiger partial charge in [0.2, 0.25) is 0 Å². The molecule has 2 rings (SSSR count). The van der Waals surface area contributed by atoms with Crippen molar-refractivity contribution in [3.63, 3.8) is 0 Å². The van der Waals surface area contributed by atoms with Crippen LogP contribution in [0.1, 0.15) is 31.2 Å². The molecule has 1 saturated heterocycles. The number of halogens is 1. The van der Waals surface area contributed by atoms with Gasteiger partial charge < -0.3 is 10.8 Å². The molecule has 3 atom stereocenters. The topological polar surface area (TPSA) is 49.5 Å². The second-order valence-corrected chi connectivity index (χ2v) is 7.05. The van der Waals surface area contributed by atoms with Crippen molar-refractivity contribution in [3.8, 4) is 0 Å². The number of likely N-dealkylation sites (tertiary alicyclic amines) is 1. The first-order chi connectivity index (χ1) is 7.89. The van der Waals surface area contributed by atoms with Crippen LogP contribution in [0.5, 0.6) is 0 Å². The van der Waals surface area contributed by atoms with Crippen LogP contribution in [0.4, 0.5) is 0 Å². The van der Waals surface area contributed by atoms with Crippen molar-refractivity contribution in [1.29, 1.82) is 0 Å². The summed E-state index contributed by atoms with van der Waals surface area (Å²) in [5.41, 5.74) is 5.55. The van der Waals surface area contributed by atoms with Gasteiger partial charge in [0.25, 0.3) is 0 Å². The fourth-order valence-corrected chi connectivity index (χ4v) is 4.17. The predicted molar refractivity (Wildman–Crippen MR) is 75.2 cm³/mol. The Labute approximate surface area is 115 Å². The molecule has 1 aromatic heterocycles. The predicted octanol–water partition coefficient (Wildman–Crippen LogP) is 2.36. The number of hydrogen-bond donors (Lipinski definition) is 2. The quantitative estimate of drug-likeness (QED) is 0.899. The average molecular weight is 319 g/mol. The smallest absolute Gasteiger partial charge is 0.0758 e. The van der Waals surface area contributed by atoms with Crippen molar-refractivity contribution in [2.24, 2.45) is 5.73 Å². The van der Waals surface area contributed by atoms with E-state index >= 15 is 0 Å². The maximum Gasteiger partial charge on any atom is 0.0758 e. The molecule has 1 aliphatic heterocycles. The van der Waals surface area contributed by atoms with Crippen LogP contribution in [0.15, 0.2) is 15.9 Å². The molecule has 0 bridgehead atoms. The van der Waals surface area contributed by atoms with Crippen LogP contribution < -0.4 is 5.73 Å². The SMILES string of the molecule is CC(N)C(c1cc(Br)cs1)N1CCC(C)(O)C1. The first-order valence-electron chi connectivity index (χ1n) is 5.85. The number of rotatable bonds is 3. The van der Waals surface area contributed by atoms with Gasteiger partial charge in [0, 0.05) is 33.9 Å². The zero-order valence-electron chi connectivity index (χ0n) is 10.2. The largest absolute Gasteiger partial charge is 0.389 e. The standard InChI is InChI=1S/C12H19BrN2OS/c1-8(14)11(10-5-9(13)6-17-10)15-4-3-12(2,16)7-15/h5-6,8,11,16H,3-4,7,14H2,1-2H3. The van der Waals surface area contributed by atoms with Crippen LogP contribution in [-0.4, -0.2) is 34.7 Å². The van der Waals surface area contributed by atoms with Gasteiger partial charge in [-0.1, -0.05) is 0 Å². The van der Waals surface area contributed by atoms with Gasteiger partial charge in [0.1, 0.15) is 0 Å². The van der Waals surface area contributed by atoms with Crippen LogP contribution in [-0.2, 0) is 0 Å². The van der Waals surface area contributed by atoms with Crippen molar-refractivity contribution in [2.45, 2.75) is 38.0 Å². The molecule has 1 aliphatic rings. The molecular weight excluding hydrogens is 300 g/mol. The Hall–Kier alpha value is 0.0600. The molecule has 5 heteroatoms. The maximum atomic E-state index is 10.1. The second kappa shape index (κ2) is 4.97. The minimum Gasteiger partial charge on any atom is -0.389 e. The summed E-state index contributed by atoms with van der Waals surface area (Å²) in [6.07, 6.45) is 0.822. The van der Waals surface area contributed by atoms with E-state index in [0.717, 1.165) is 17.4 Å². The molecule has 2 heterocycles. The summed E-state index contributed by atoms with van der Waals surface area (Å²) in [5.74, 6) is 0. The van der Waals surface area contributed by atoms with Crippen LogP contribution in [0, 0.1) is 0 Å². The summed E-state index contributed by atoms with van der Waals surface area (Å²) in [5, 5.41) is 12.1. The first kappa shape index (κ1) is 13.5. The maximum absolute atomic E-state index is 10.1. The number of aliphatic hydroxyl groups is 1. The molecular formula is C12H19BrN2OS. The van der Waals surface area contributed by atoms with Gasteiger partial charge >= 0.3 is 0 Å². The average Bonchev–Trinajstić information content (AvgIpc) is 2.73. The van der Waals surface area contributed by atoms with Crippen LogP contribution in [0.25, 0.3) is 0 Å². The highest BCUT2D eigenvalue weighted by atomic mass is 79.9. The number of thiophene rings is 1. The molecule has 1 fully saturated rings. The fraction of sp³-hybridized carbons (Fsp3) is 0.667. The van der Waals surface area contributed by atoms with E-state index in [1.165, 1.54) is 4.88 Å². The van der Waals surface area contributed by atoms with Crippen LogP contribution in [0.2, 0.25) is 0 Å². The number of β-amino-alcohol motifs (C(OH)–C–C–N with tert-alkyl or cyclic N) is 1. The van der Waals surface area contributed by atoms with Gasteiger partial charge in [0.05, 0.1) is 11.6 Å². The van der Waals surface area contributed by atoms with Crippen LogP contribution in [0.3, 0.4) is 0 Å². The van der Waals surface area contributed by atoms with E-state index in [9.17, 15) is 5.11 Å². The number of nitrogens with zero attached hydrogens (tertiary/aromatic N) is 1. The lowest BCUT2D eigenvalue weighted by Crippen LogP contribution is -2.40. The molecule has 3 nitrogen and oxygen atoms in total. The lowest BCUT2D eigenvalue weighted by Gasteiger charge is -2.30. The Balaban J connectivity index is 2.19. The monoisotopic (exact) mass is 318 g/mol. The molecule has 0 spiro atoms. The molecule has 17 heavy (non-hydrogen) atoms. The number of hydrogen-bond acceptors (Lipinski definition) is 4. The summed E-state index contributed by atoms with van der Waals surface area (Å²) in [6, 6.07) is 2.40. The van der Waals surface area contributed by atoms with Gasteiger partial charge in [-0.2, -0.15) is 0 Å². The normalized spacial score (nSPS) is 29.5. The van der Waals surface area contributed by atoms with E-state index in [2.05, 4.69) is 32.3 Å². The summed E-state index contributed by atoms with van der Waals surface area (Å²) in [7, 11) is 0. The summed E-state index contributed by atoms with van der Waals surface area (Å²) < 4.78 is 1.11. The van der Waals surface area contributed by atoms with E-state index in [-0.39, 0.29) is 12.1 Å². The molecule has 0 saturated carbocycles. The third kappa shape index (κ3) is 3.09. The second-order valence-electron chi connectivity index (χ2n) is 5.19. The third-order valence-electron chi connectivity index (χ3n) is 3.25.